The van der Waals surface area contributed by atoms with Crippen LogP contribution < -0.4 is 0 Å². The number of hydrogen-bond acceptors (Lipinski definition) is 5. The third-order valence-corrected chi connectivity index (χ3v) is 5.86. The normalized spacial score (nSPS) is 27.0. The number of nitrogens with zero attached hydrogens (tertiary/aromatic N) is 2. The van der Waals surface area contributed by atoms with E-state index < -0.39 is 0 Å². The number of piperidine rings is 1. The van der Waals surface area contributed by atoms with Crippen LogP contribution in [0.3, 0.4) is 0 Å². The van der Waals surface area contributed by atoms with Crippen molar-refractivity contribution in [2.45, 2.75) is 50.4 Å². The number of rotatable bonds is 3. The Morgan fingerprint density at radius 1 is 1.30 bits per heavy atom. The van der Waals surface area contributed by atoms with Crippen molar-refractivity contribution < 1.29 is 9.47 Å². The van der Waals surface area contributed by atoms with E-state index in [1.165, 1.54) is 29.1 Å². The smallest absolute Gasteiger partial charge is 0.181 e. The molecule has 1 aromatic rings. The van der Waals surface area contributed by atoms with Crippen LogP contribution in [0.15, 0.2) is 6.20 Å². The summed E-state index contributed by atoms with van der Waals surface area (Å²) in [5.74, 6) is 0.447. The molecule has 0 unspecified atom stereocenters. The Bertz CT molecular complexity index is 466. The van der Waals surface area contributed by atoms with Crippen molar-refractivity contribution in [2.75, 3.05) is 26.3 Å². The summed E-state index contributed by atoms with van der Waals surface area (Å²) in [6.07, 6.45) is 8.33. The van der Waals surface area contributed by atoms with E-state index in [9.17, 15) is 0 Å². The second-order valence-electron chi connectivity index (χ2n) is 6.21. The Morgan fingerprint density at radius 3 is 2.90 bits per heavy atom. The van der Waals surface area contributed by atoms with Crippen LogP contribution in [0, 0.1) is 0 Å². The lowest BCUT2D eigenvalue weighted by Gasteiger charge is -2.38. The molecule has 110 valence electrons. The Morgan fingerprint density at radius 2 is 2.15 bits per heavy atom. The average Bonchev–Trinajstić information content (AvgIpc) is 2.98. The number of ether oxygens (including phenoxy) is 2. The van der Waals surface area contributed by atoms with Gasteiger partial charge in [-0.15, -0.1) is 11.3 Å². The number of thiazole rings is 1. The molecule has 20 heavy (non-hydrogen) atoms. The van der Waals surface area contributed by atoms with E-state index in [4.69, 9.17) is 9.47 Å². The van der Waals surface area contributed by atoms with Crippen LogP contribution in [0.25, 0.3) is 0 Å². The van der Waals surface area contributed by atoms with Gasteiger partial charge in [-0.05, 0) is 25.8 Å². The van der Waals surface area contributed by atoms with E-state index in [-0.39, 0.29) is 5.79 Å². The quantitative estimate of drug-likeness (QED) is 0.858. The van der Waals surface area contributed by atoms with E-state index in [0.717, 1.165) is 51.6 Å². The summed E-state index contributed by atoms with van der Waals surface area (Å²) in [6, 6.07) is 0. The maximum atomic E-state index is 5.84. The monoisotopic (exact) mass is 294 g/mol. The number of hydrogen-bond donors (Lipinski definition) is 0. The number of likely N-dealkylation sites (tertiary alicyclic amines) is 1. The molecule has 0 N–H and O–H groups in total. The minimum atomic E-state index is -0.306. The fraction of sp³-hybridized carbons (Fsp3) is 0.800. The summed E-state index contributed by atoms with van der Waals surface area (Å²) in [7, 11) is 0. The summed E-state index contributed by atoms with van der Waals surface area (Å²) in [5, 5.41) is 1.35. The molecule has 1 spiro atoms. The van der Waals surface area contributed by atoms with E-state index in [0.29, 0.717) is 0 Å². The largest absolute Gasteiger partial charge is 0.346 e. The highest BCUT2D eigenvalue weighted by atomic mass is 32.1. The minimum Gasteiger partial charge on any atom is -0.346 e. The van der Waals surface area contributed by atoms with Crippen molar-refractivity contribution in [3.8, 4) is 0 Å². The molecule has 0 radical (unpaired) electrons. The van der Waals surface area contributed by atoms with Gasteiger partial charge in [0.25, 0.3) is 0 Å². The van der Waals surface area contributed by atoms with Gasteiger partial charge >= 0.3 is 0 Å². The summed E-state index contributed by atoms with van der Waals surface area (Å²) in [6.45, 7) is 4.55. The number of aromatic nitrogens is 1. The van der Waals surface area contributed by atoms with Crippen LogP contribution in [0.5, 0.6) is 0 Å². The highest BCUT2D eigenvalue weighted by Gasteiger charge is 2.40. The van der Waals surface area contributed by atoms with Crippen molar-refractivity contribution in [2.24, 2.45) is 0 Å². The van der Waals surface area contributed by atoms with Gasteiger partial charge in [0.15, 0.2) is 5.79 Å². The van der Waals surface area contributed by atoms with Crippen molar-refractivity contribution >= 4 is 11.3 Å². The lowest BCUT2D eigenvalue weighted by atomic mass is 9.86. The predicted octanol–water partition coefficient (Wildman–Crippen LogP) is 2.75. The summed E-state index contributed by atoms with van der Waals surface area (Å²) in [5.41, 5.74) is 0. The van der Waals surface area contributed by atoms with Crippen molar-refractivity contribution in [1.29, 1.82) is 0 Å². The second-order valence-corrected chi connectivity index (χ2v) is 7.36. The molecule has 1 aromatic heterocycles. The molecule has 3 aliphatic rings. The van der Waals surface area contributed by atoms with E-state index >= 15 is 0 Å². The van der Waals surface area contributed by atoms with Crippen molar-refractivity contribution in [1.82, 2.24) is 9.88 Å². The molecule has 4 nitrogen and oxygen atoms in total. The SMILES string of the molecule is c1nc(C2CCC2)sc1CN1CCCC2(C1)OCCO2. The Labute approximate surface area is 124 Å². The third kappa shape index (κ3) is 2.52. The van der Waals surface area contributed by atoms with E-state index in [2.05, 4.69) is 16.1 Å². The summed E-state index contributed by atoms with van der Waals surface area (Å²) >= 11 is 1.91. The van der Waals surface area contributed by atoms with Gasteiger partial charge in [0.2, 0.25) is 0 Å². The van der Waals surface area contributed by atoms with E-state index in [1.807, 2.05) is 11.3 Å². The maximum Gasteiger partial charge on any atom is 0.181 e. The maximum absolute atomic E-state index is 5.84. The highest BCUT2D eigenvalue weighted by molar-refractivity contribution is 7.11. The predicted molar refractivity (Wildman–Crippen MR) is 77.9 cm³/mol. The molecular weight excluding hydrogens is 272 g/mol. The Kier molecular flexibility index (Phi) is 3.54. The first-order valence-electron chi connectivity index (χ1n) is 7.78. The van der Waals surface area contributed by atoms with Gasteiger partial charge < -0.3 is 9.47 Å². The molecule has 3 heterocycles. The molecule has 3 fully saturated rings. The first-order chi connectivity index (χ1) is 9.83. The van der Waals surface area contributed by atoms with Gasteiger partial charge in [-0.1, -0.05) is 6.42 Å². The lowest BCUT2D eigenvalue weighted by Crippen LogP contribution is -2.48. The molecule has 4 rings (SSSR count). The van der Waals surface area contributed by atoms with Crippen LogP contribution in [-0.4, -0.2) is 42.0 Å². The van der Waals surface area contributed by atoms with Gasteiger partial charge in [0.05, 0.1) is 24.8 Å². The zero-order chi connectivity index (χ0) is 13.4. The molecule has 0 aromatic carbocycles. The molecule has 1 aliphatic carbocycles. The van der Waals surface area contributed by atoms with E-state index in [1.54, 1.807) is 0 Å². The first-order valence-corrected chi connectivity index (χ1v) is 8.60. The summed E-state index contributed by atoms with van der Waals surface area (Å²) < 4.78 is 11.7. The molecule has 2 aliphatic heterocycles. The fourth-order valence-electron chi connectivity index (χ4n) is 3.40. The zero-order valence-electron chi connectivity index (χ0n) is 11.8. The van der Waals surface area contributed by atoms with Crippen LogP contribution in [0.1, 0.15) is 47.9 Å². The van der Waals surface area contributed by atoms with Gasteiger partial charge in [-0.2, -0.15) is 0 Å². The van der Waals surface area contributed by atoms with Gasteiger partial charge in [0.1, 0.15) is 0 Å². The van der Waals surface area contributed by atoms with Gasteiger partial charge in [-0.25, -0.2) is 4.98 Å². The Hall–Kier alpha value is -0.490. The molecule has 1 saturated carbocycles. The molecule has 0 atom stereocenters. The van der Waals surface area contributed by atoms with Crippen LogP contribution in [-0.2, 0) is 16.0 Å². The minimum absolute atomic E-state index is 0.306. The van der Waals surface area contributed by atoms with Crippen molar-refractivity contribution in [3.63, 3.8) is 0 Å². The van der Waals surface area contributed by atoms with Crippen molar-refractivity contribution in [3.05, 3.63) is 16.1 Å². The lowest BCUT2D eigenvalue weighted by molar-refractivity contribution is -0.190. The second kappa shape index (κ2) is 5.37. The standard InChI is InChI=1S/C15H22N2O2S/c1-3-12(4-1)14-16-9-13(20-14)10-17-6-2-5-15(11-17)18-7-8-19-15/h9,12H,1-8,10-11H2. The van der Waals surface area contributed by atoms with Crippen LogP contribution in [0.4, 0.5) is 0 Å². The topological polar surface area (TPSA) is 34.6 Å². The molecule has 2 saturated heterocycles. The highest BCUT2D eigenvalue weighted by Crippen LogP contribution is 2.38. The molecular formula is C15H22N2O2S. The molecule has 5 heteroatoms. The van der Waals surface area contributed by atoms with Gasteiger partial charge in [0, 0.05) is 30.0 Å². The Balaban J connectivity index is 1.39. The molecule has 0 bridgehead atoms. The molecule has 0 amide bonds. The van der Waals surface area contributed by atoms with Crippen LogP contribution >= 0.6 is 11.3 Å². The fourth-order valence-corrected chi connectivity index (χ4v) is 4.53. The van der Waals surface area contributed by atoms with Gasteiger partial charge in [-0.3, -0.25) is 4.90 Å². The first kappa shape index (κ1) is 13.2. The summed E-state index contributed by atoms with van der Waals surface area (Å²) in [4.78, 5) is 8.48. The average molecular weight is 294 g/mol. The third-order valence-electron chi connectivity index (χ3n) is 4.72. The zero-order valence-corrected chi connectivity index (χ0v) is 12.7. The van der Waals surface area contributed by atoms with Crippen LogP contribution in [0.2, 0.25) is 0 Å².